The Balaban J connectivity index is 1.74. The van der Waals surface area contributed by atoms with Crippen molar-refractivity contribution >= 4 is 0 Å². The minimum atomic E-state index is 0.599. The highest BCUT2D eigenvalue weighted by atomic mass is 14.7. The highest BCUT2D eigenvalue weighted by Crippen LogP contribution is 2.74. The monoisotopic (exact) mass is 273 g/mol. The maximum atomic E-state index is 2.66. The Kier molecular flexibility index (Phi) is 2.56. The van der Waals surface area contributed by atoms with Gasteiger partial charge in [0.25, 0.3) is 0 Å². The van der Waals surface area contributed by atoms with Crippen LogP contribution in [0.1, 0.15) is 79.6 Å². The van der Waals surface area contributed by atoms with Crippen LogP contribution in [0, 0.1) is 45.8 Å². The third-order valence-electron chi connectivity index (χ3n) is 8.65. The summed E-state index contributed by atoms with van der Waals surface area (Å²) in [5.41, 5.74) is 1.95. The van der Waals surface area contributed by atoms with E-state index in [1.54, 1.807) is 6.42 Å². The molecule has 0 amide bonds. The van der Waals surface area contributed by atoms with Gasteiger partial charge in [-0.3, -0.25) is 0 Å². The molecule has 112 valence electrons. The molecule has 20 heavy (non-hydrogen) atoms. The molecule has 4 fully saturated rings. The second-order valence-corrected chi connectivity index (χ2v) is 10.1. The molecule has 6 atom stereocenters. The topological polar surface area (TPSA) is 0 Å². The molecule has 0 bridgehead atoms. The molecular formula is C20H33+. The van der Waals surface area contributed by atoms with E-state index in [1.165, 1.54) is 38.5 Å². The van der Waals surface area contributed by atoms with Crippen molar-refractivity contribution in [2.45, 2.75) is 79.6 Å². The van der Waals surface area contributed by atoms with Crippen molar-refractivity contribution < 1.29 is 0 Å². The lowest BCUT2D eigenvalue weighted by Crippen LogP contribution is -2.46. The Bertz CT molecular complexity index is 422. The molecule has 0 aliphatic heterocycles. The molecule has 0 radical (unpaired) electrons. The van der Waals surface area contributed by atoms with Crippen molar-refractivity contribution in [2.75, 3.05) is 0 Å². The summed E-state index contributed by atoms with van der Waals surface area (Å²) >= 11 is 0. The number of hydrogen-bond acceptors (Lipinski definition) is 0. The van der Waals surface area contributed by atoms with Gasteiger partial charge in [-0.25, -0.2) is 0 Å². The van der Waals surface area contributed by atoms with Crippen LogP contribution in [-0.2, 0) is 0 Å². The van der Waals surface area contributed by atoms with Gasteiger partial charge in [0, 0.05) is 5.41 Å². The smallest absolute Gasteiger partial charge is 0.0596 e. The summed E-state index contributed by atoms with van der Waals surface area (Å²) in [5, 5.41) is 0. The number of fused-ring (bicyclic) bond motifs is 5. The summed E-state index contributed by atoms with van der Waals surface area (Å²) in [6.45, 7) is 12.9. The van der Waals surface area contributed by atoms with Gasteiger partial charge in [-0.2, -0.15) is 0 Å². The van der Waals surface area contributed by atoms with Crippen LogP contribution < -0.4 is 0 Å². The van der Waals surface area contributed by atoms with Crippen LogP contribution in [0.4, 0.5) is 0 Å². The van der Waals surface area contributed by atoms with E-state index in [9.17, 15) is 0 Å². The summed E-state index contributed by atoms with van der Waals surface area (Å²) in [6.07, 6.45) is 10.5. The summed E-state index contributed by atoms with van der Waals surface area (Å²) in [5.74, 6) is 5.90. The normalized spacial score (nSPS) is 56.5. The van der Waals surface area contributed by atoms with Crippen LogP contribution in [0.15, 0.2) is 0 Å². The second kappa shape index (κ2) is 3.79. The van der Waals surface area contributed by atoms with Gasteiger partial charge in [0.15, 0.2) is 0 Å². The quantitative estimate of drug-likeness (QED) is 0.484. The summed E-state index contributed by atoms with van der Waals surface area (Å²) < 4.78 is 0. The largest absolute Gasteiger partial charge is 0.105 e. The molecule has 4 rings (SSSR count). The second-order valence-electron chi connectivity index (χ2n) is 10.1. The zero-order valence-electron chi connectivity index (χ0n) is 14.3. The predicted molar refractivity (Wildman–Crippen MR) is 85.2 cm³/mol. The maximum absolute atomic E-state index is 2.66. The van der Waals surface area contributed by atoms with Gasteiger partial charge in [0.05, 0.1) is 19.3 Å². The van der Waals surface area contributed by atoms with Crippen LogP contribution in [0.2, 0.25) is 0 Å². The van der Waals surface area contributed by atoms with Crippen LogP contribution in [0.3, 0.4) is 0 Å². The lowest BCUT2D eigenvalue weighted by atomic mass is 9.51. The Labute approximate surface area is 126 Å². The third kappa shape index (κ3) is 1.47. The summed E-state index contributed by atoms with van der Waals surface area (Å²) in [4.78, 5) is 0. The van der Waals surface area contributed by atoms with E-state index in [2.05, 4.69) is 34.6 Å². The van der Waals surface area contributed by atoms with Crippen LogP contribution in [0.5, 0.6) is 0 Å². The first kappa shape index (κ1) is 13.5. The average molecular weight is 273 g/mol. The molecule has 0 aromatic carbocycles. The van der Waals surface area contributed by atoms with Crippen LogP contribution >= 0.6 is 0 Å². The first-order valence-corrected chi connectivity index (χ1v) is 9.10. The Hall–Kier alpha value is -0.130. The van der Waals surface area contributed by atoms with Crippen LogP contribution in [-0.4, -0.2) is 0 Å². The maximum Gasteiger partial charge on any atom is 0.105 e. The van der Waals surface area contributed by atoms with Crippen molar-refractivity contribution in [1.29, 1.82) is 0 Å². The molecule has 0 heteroatoms. The van der Waals surface area contributed by atoms with E-state index in [1.807, 2.05) is 5.92 Å². The van der Waals surface area contributed by atoms with Gasteiger partial charge in [-0.1, -0.05) is 27.7 Å². The average Bonchev–Trinajstić information content (AvgIpc) is 2.75. The van der Waals surface area contributed by atoms with E-state index in [-0.39, 0.29) is 0 Å². The Morgan fingerprint density at radius 3 is 2.35 bits per heavy atom. The molecule has 4 saturated carbocycles. The van der Waals surface area contributed by atoms with Crippen molar-refractivity contribution in [2.24, 2.45) is 39.9 Å². The minimum Gasteiger partial charge on any atom is -0.0596 e. The van der Waals surface area contributed by atoms with Gasteiger partial charge < -0.3 is 0 Å². The standard InChI is InChI=1S/C20H33/c1-13-6-7-14-16(20(5)9-8-15(13)20)12-19(4)11-10-18(2,3)17(14)19/h14-17H,6-12H2,1-5H3/q+1/t14-,15+,16-,17-,19-,20+/m1/s1. The van der Waals surface area contributed by atoms with Gasteiger partial charge in [0.1, 0.15) is 5.92 Å². The zero-order valence-corrected chi connectivity index (χ0v) is 14.3. The highest BCUT2D eigenvalue weighted by Gasteiger charge is 2.68. The molecule has 4 aliphatic carbocycles. The molecule has 0 saturated heterocycles. The summed E-state index contributed by atoms with van der Waals surface area (Å²) in [7, 11) is 0. The number of hydrogen-bond donors (Lipinski definition) is 0. The summed E-state index contributed by atoms with van der Waals surface area (Å²) in [6, 6.07) is 0. The van der Waals surface area contributed by atoms with Crippen molar-refractivity contribution in [1.82, 2.24) is 0 Å². The molecule has 0 heterocycles. The fraction of sp³-hybridized carbons (Fsp3) is 0.950. The SMILES string of the molecule is C[C+]1CC[C@H]2[C@@H]3C(C)(C)CC[C@]3(C)C[C@H]2[C@@]2(C)CC[C@@H]12. The van der Waals surface area contributed by atoms with E-state index in [4.69, 9.17) is 0 Å². The molecule has 0 nitrogen and oxygen atoms in total. The van der Waals surface area contributed by atoms with Crippen LogP contribution in [0.25, 0.3) is 0 Å². The van der Waals surface area contributed by atoms with Crippen molar-refractivity contribution in [3.8, 4) is 0 Å². The first-order valence-electron chi connectivity index (χ1n) is 9.10. The highest BCUT2D eigenvalue weighted by molar-refractivity contribution is 5.19. The van der Waals surface area contributed by atoms with E-state index < -0.39 is 0 Å². The van der Waals surface area contributed by atoms with E-state index >= 15 is 0 Å². The third-order valence-corrected chi connectivity index (χ3v) is 8.65. The number of rotatable bonds is 0. The Morgan fingerprint density at radius 2 is 1.70 bits per heavy atom. The van der Waals surface area contributed by atoms with Gasteiger partial charge in [-0.15, -0.1) is 0 Å². The predicted octanol–water partition coefficient (Wildman–Crippen LogP) is 5.87. The molecule has 0 N–H and O–H groups in total. The van der Waals surface area contributed by atoms with Crippen molar-refractivity contribution in [3.63, 3.8) is 0 Å². The van der Waals surface area contributed by atoms with Gasteiger partial charge in [0.2, 0.25) is 0 Å². The molecule has 0 aromatic heterocycles. The fourth-order valence-electron chi connectivity index (χ4n) is 7.73. The Morgan fingerprint density at radius 1 is 0.950 bits per heavy atom. The van der Waals surface area contributed by atoms with E-state index in [0.717, 1.165) is 23.7 Å². The first-order chi connectivity index (χ1) is 9.28. The minimum absolute atomic E-state index is 0.599. The molecule has 0 aromatic rings. The lowest BCUT2D eigenvalue weighted by Gasteiger charge is -2.49. The zero-order chi connectivity index (χ0) is 14.3. The van der Waals surface area contributed by atoms with Gasteiger partial charge in [-0.05, 0) is 67.1 Å². The molecule has 0 spiro atoms. The van der Waals surface area contributed by atoms with E-state index in [0.29, 0.717) is 16.2 Å². The molecule has 0 unspecified atom stereocenters. The molecule has 4 aliphatic rings. The molecular weight excluding hydrogens is 240 g/mol. The lowest BCUT2D eigenvalue weighted by molar-refractivity contribution is -0.0222. The van der Waals surface area contributed by atoms with Gasteiger partial charge >= 0.3 is 0 Å². The van der Waals surface area contributed by atoms with Crippen molar-refractivity contribution in [3.05, 3.63) is 5.92 Å². The fourth-order valence-corrected chi connectivity index (χ4v) is 7.73.